The second kappa shape index (κ2) is 6.75. The summed E-state index contributed by atoms with van der Waals surface area (Å²) in [5.41, 5.74) is 0. The molecule has 0 radical (unpaired) electrons. The number of halogens is 1. The number of ether oxygens (including phenoxy) is 1. The Labute approximate surface area is 137 Å². The molecule has 7 heteroatoms. The Balaban J connectivity index is 1.80. The highest BCUT2D eigenvalue weighted by atomic mass is 32.2. The summed E-state index contributed by atoms with van der Waals surface area (Å²) in [5, 5.41) is 0. The first-order chi connectivity index (χ1) is 11.0. The summed E-state index contributed by atoms with van der Waals surface area (Å²) in [5.74, 6) is -0.387. The molecule has 0 amide bonds. The third kappa shape index (κ3) is 3.36. The molecule has 3 rings (SSSR count). The molecular formula is C16H23FN2O3S. The molecule has 1 aliphatic heterocycles. The first-order valence-electron chi connectivity index (χ1n) is 8.10. The molecule has 1 aliphatic carbocycles. The molecule has 2 aliphatic rings. The monoisotopic (exact) mass is 342 g/mol. The minimum atomic E-state index is -3.75. The Morgan fingerprint density at radius 3 is 2.57 bits per heavy atom. The van der Waals surface area contributed by atoms with Gasteiger partial charge in [0.1, 0.15) is 16.5 Å². The largest absolute Gasteiger partial charge is 0.495 e. The SMILES string of the molecule is COc1ccc(F)cc1S(=O)(=O)N1CCCN(C2CCC2)CC1. The zero-order valence-corrected chi connectivity index (χ0v) is 14.2. The third-order valence-corrected chi connectivity index (χ3v) is 6.74. The van der Waals surface area contributed by atoms with E-state index in [4.69, 9.17) is 4.74 Å². The van der Waals surface area contributed by atoms with Crippen molar-refractivity contribution in [3.8, 4) is 5.75 Å². The predicted molar refractivity (Wildman–Crippen MR) is 85.5 cm³/mol. The van der Waals surface area contributed by atoms with E-state index in [1.54, 1.807) is 0 Å². The topological polar surface area (TPSA) is 49.9 Å². The van der Waals surface area contributed by atoms with E-state index in [9.17, 15) is 12.8 Å². The predicted octanol–water partition coefficient (Wildman–Crippen LogP) is 2.08. The molecule has 0 bridgehead atoms. The summed E-state index contributed by atoms with van der Waals surface area (Å²) in [6, 6.07) is 4.23. The molecule has 1 saturated carbocycles. The van der Waals surface area contributed by atoms with Gasteiger partial charge in [0.15, 0.2) is 0 Å². The van der Waals surface area contributed by atoms with Gasteiger partial charge in [-0.15, -0.1) is 0 Å². The van der Waals surface area contributed by atoms with Crippen molar-refractivity contribution in [2.45, 2.75) is 36.6 Å². The van der Waals surface area contributed by atoms with Gasteiger partial charge in [-0.2, -0.15) is 4.31 Å². The second-order valence-electron chi connectivity index (χ2n) is 6.17. The van der Waals surface area contributed by atoms with Crippen LogP contribution >= 0.6 is 0 Å². The summed E-state index contributed by atoms with van der Waals surface area (Å²) in [6.45, 7) is 2.57. The zero-order valence-electron chi connectivity index (χ0n) is 13.4. The van der Waals surface area contributed by atoms with Crippen LogP contribution < -0.4 is 4.74 Å². The van der Waals surface area contributed by atoms with Gasteiger partial charge in [0.05, 0.1) is 7.11 Å². The van der Waals surface area contributed by atoms with E-state index in [0.29, 0.717) is 19.1 Å². The first kappa shape index (κ1) is 16.7. The van der Waals surface area contributed by atoms with E-state index in [-0.39, 0.29) is 10.6 Å². The molecule has 1 heterocycles. The van der Waals surface area contributed by atoms with Crippen LogP contribution in [0.15, 0.2) is 23.1 Å². The van der Waals surface area contributed by atoms with Crippen molar-refractivity contribution < 1.29 is 17.5 Å². The Bertz CT molecular complexity index is 661. The van der Waals surface area contributed by atoms with Crippen LogP contribution in [0.1, 0.15) is 25.7 Å². The molecule has 23 heavy (non-hydrogen) atoms. The van der Waals surface area contributed by atoms with Gasteiger partial charge in [-0.25, -0.2) is 12.8 Å². The van der Waals surface area contributed by atoms with Gasteiger partial charge < -0.3 is 4.74 Å². The number of hydrogen-bond acceptors (Lipinski definition) is 4. The quantitative estimate of drug-likeness (QED) is 0.841. The lowest BCUT2D eigenvalue weighted by Crippen LogP contribution is -2.42. The van der Waals surface area contributed by atoms with Crippen LogP contribution in [0.25, 0.3) is 0 Å². The average molecular weight is 342 g/mol. The summed E-state index contributed by atoms with van der Waals surface area (Å²) < 4.78 is 45.9. The van der Waals surface area contributed by atoms with Crippen LogP contribution in [0.2, 0.25) is 0 Å². The van der Waals surface area contributed by atoms with Gasteiger partial charge in [0, 0.05) is 25.7 Å². The summed E-state index contributed by atoms with van der Waals surface area (Å²) in [7, 11) is -2.35. The number of nitrogens with zero attached hydrogens (tertiary/aromatic N) is 2. The number of benzene rings is 1. The molecule has 0 atom stereocenters. The van der Waals surface area contributed by atoms with Crippen LogP contribution in [0, 0.1) is 5.82 Å². The fourth-order valence-corrected chi connectivity index (χ4v) is 4.90. The molecule has 5 nitrogen and oxygen atoms in total. The molecule has 0 spiro atoms. The molecule has 0 N–H and O–H groups in total. The average Bonchev–Trinajstić information content (AvgIpc) is 2.72. The minimum Gasteiger partial charge on any atom is -0.495 e. The van der Waals surface area contributed by atoms with Gasteiger partial charge in [-0.3, -0.25) is 4.90 Å². The van der Waals surface area contributed by atoms with Crippen LogP contribution in [0.5, 0.6) is 5.75 Å². The smallest absolute Gasteiger partial charge is 0.246 e. The summed E-state index contributed by atoms with van der Waals surface area (Å²) >= 11 is 0. The minimum absolute atomic E-state index is 0.0860. The van der Waals surface area contributed by atoms with Gasteiger partial charge in [-0.1, -0.05) is 6.42 Å². The molecule has 1 aromatic carbocycles. The molecule has 2 fully saturated rings. The molecule has 0 unspecified atom stereocenters. The maximum atomic E-state index is 13.5. The number of rotatable bonds is 4. The molecule has 128 valence electrons. The van der Waals surface area contributed by atoms with Crippen molar-refractivity contribution in [2.24, 2.45) is 0 Å². The summed E-state index contributed by atoms with van der Waals surface area (Å²) in [4.78, 5) is 2.30. The van der Waals surface area contributed by atoms with Crippen molar-refractivity contribution in [3.05, 3.63) is 24.0 Å². The Morgan fingerprint density at radius 1 is 1.13 bits per heavy atom. The van der Waals surface area contributed by atoms with Crippen LogP contribution in [-0.4, -0.2) is 57.0 Å². The Hall–Kier alpha value is -1.18. The van der Waals surface area contributed by atoms with Gasteiger partial charge in [0.25, 0.3) is 0 Å². The van der Waals surface area contributed by atoms with Crippen LogP contribution in [-0.2, 0) is 10.0 Å². The number of methoxy groups -OCH3 is 1. The highest BCUT2D eigenvalue weighted by molar-refractivity contribution is 7.89. The second-order valence-corrected chi connectivity index (χ2v) is 8.08. The molecule has 0 aromatic heterocycles. The van der Waals surface area contributed by atoms with E-state index >= 15 is 0 Å². The van der Waals surface area contributed by atoms with Gasteiger partial charge in [-0.05, 0) is 44.0 Å². The number of hydrogen-bond donors (Lipinski definition) is 0. The van der Waals surface area contributed by atoms with Crippen molar-refractivity contribution in [1.29, 1.82) is 0 Å². The van der Waals surface area contributed by atoms with Crippen LogP contribution in [0.3, 0.4) is 0 Å². The van der Waals surface area contributed by atoms with Crippen molar-refractivity contribution in [1.82, 2.24) is 9.21 Å². The van der Waals surface area contributed by atoms with E-state index in [1.807, 2.05) is 0 Å². The lowest BCUT2D eigenvalue weighted by molar-refractivity contribution is 0.134. The highest BCUT2D eigenvalue weighted by Gasteiger charge is 2.32. The lowest BCUT2D eigenvalue weighted by Gasteiger charge is -2.36. The number of sulfonamides is 1. The van der Waals surface area contributed by atoms with E-state index in [1.165, 1.54) is 42.8 Å². The molecule has 1 aromatic rings. The standard InChI is InChI=1S/C16H23FN2O3S/c1-22-15-7-6-13(17)12-16(15)23(20,21)19-9-3-8-18(10-11-19)14-4-2-5-14/h6-7,12,14H,2-5,8-11H2,1H3. The Morgan fingerprint density at radius 2 is 1.91 bits per heavy atom. The van der Waals surface area contributed by atoms with Gasteiger partial charge >= 0.3 is 0 Å². The fourth-order valence-electron chi connectivity index (χ4n) is 3.26. The van der Waals surface area contributed by atoms with Gasteiger partial charge in [0.2, 0.25) is 10.0 Å². The van der Waals surface area contributed by atoms with Crippen LogP contribution in [0.4, 0.5) is 4.39 Å². The van der Waals surface area contributed by atoms with Crippen molar-refractivity contribution in [2.75, 3.05) is 33.3 Å². The zero-order chi connectivity index (χ0) is 16.4. The fraction of sp³-hybridized carbons (Fsp3) is 0.625. The normalized spacial score (nSPS) is 21.7. The van der Waals surface area contributed by atoms with E-state index < -0.39 is 15.8 Å². The van der Waals surface area contributed by atoms with Crippen molar-refractivity contribution >= 4 is 10.0 Å². The van der Waals surface area contributed by atoms with E-state index in [2.05, 4.69) is 4.90 Å². The van der Waals surface area contributed by atoms with E-state index in [0.717, 1.165) is 25.6 Å². The highest BCUT2D eigenvalue weighted by Crippen LogP contribution is 2.30. The summed E-state index contributed by atoms with van der Waals surface area (Å²) in [6.07, 6.45) is 4.49. The maximum absolute atomic E-state index is 13.5. The first-order valence-corrected chi connectivity index (χ1v) is 9.54. The molecular weight excluding hydrogens is 319 g/mol. The van der Waals surface area contributed by atoms with Crippen molar-refractivity contribution in [3.63, 3.8) is 0 Å². The third-order valence-electron chi connectivity index (χ3n) is 4.82. The maximum Gasteiger partial charge on any atom is 0.246 e. The lowest BCUT2D eigenvalue weighted by atomic mass is 9.91. The Kier molecular flexibility index (Phi) is 4.89. The molecule has 1 saturated heterocycles.